The van der Waals surface area contributed by atoms with Crippen molar-refractivity contribution in [1.82, 2.24) is 15.2 Å². The lowest BCUT2D eigenvalue weighted by Gasteiger charge is -2.72. The number of rotatable bonds is 11. The molecule has 0 bridgehead atoms. The first kappa shape index (κ1) is 43.5. The van der Waals surface area contributed by atoms with E-state index >= 15 is 0 Å². The zero-order valence-corrected chi connectivity index (χ0v) is 38.4. The van der Waals surface area contributed by atoms with Crippen molar-refractivity contribution in [3.63, 3.8) is 0 Å². The van der Waals surface area contributed by atoms with Gasteiger partial charge in [-0.15, -0.1) is 0 Å². The van der Waals surface area contributed by atoms with Crippen LogP contribution in [0.5, 0.6) is 5.88 Å². The van der Waals surface area contributed by atoms with E-state index in [0.717, 1.165) is 44.6 Å². The Bertz CT molecular complexity index is 1850. The van der Waals surface area contributed by atoms with Gasteiger partial charge in [0.25, 0.3) is 0 Å². The van der Waals surface area contributed by atoms with Gasteiger partial charge in [-0.3, -0.25) is 18.8 Å². The van der Waals surface area contributed by atoms with Crippen LogP contribution in [-0.4, -0.2) is 79.9 Å². The number of aryl methyl sites for hydroxylation is 1. The Kier molecular flexibility index (Phi) is 11.5. The van der Waals surface area contributed by atoms with Crippen molar-refractivity contribution in [2.75, 3.05) is 44.3 Å². The summed E-state index contributed by atoms with van der Waals surface area (Å²) >= 11 is 0. The van der Waals surface area contributed by atoms with Gasteiger partial charge in [-0.05, 0) is 166 Å². The van der Waals surface area contributed by atoms with Gasteiger partial charge >= 0.3 is 5.97 Å². The quantitative estimate of drug-likeness (QED) is 0.163. The normalized spacial score (nSPS) is 41.9. The maximum absolute atomic E-state index is 12.8. The Morgan fingerprint density at radius 2 is 1.73 bits per heavy atom. The summed E-state index contributed by atoms with van der Waals surface area (Å²) in [6, 6.07) is 3.87. The lowest BCUT2D eigenvalue weighted by atomic mass is 9.33. The largest absolute Gasteiger partial charge is 0.481 e. The van der Waals surface area contributed by atoms with Gasteiger partial charge in [0.05, 0.1) is 23.5 Å². The van der Waals surface area contributed by atoms with Crippen LogP contribution in [0, 0.1) is 63.6 Å². The van der Waals surface area contributed by atoms with E-state index in [4.69, 9.17) is 4.74 Å². The highest BCUT2D eigenvalue weighted by atomic mass is 32.3. The number of carboxylic acid groups (broad SMARTS) is 1. The summed E-state index contributed by atoms with van der Waals surface area (Å²) in [6.45, 7) is 26.0. The SMILES string of the molecule is C=C(C)[C@@H]1CC[C@]2(NCCN3CCS(O)(O)CC3)CC[C@]3(C)[C@H](CC[C@@H]4[C@@]5(C)CC=C(C6=CCC(CCOc7ncccc7C)(C(=O)O)CC6)C(C)(C)[C@@H]5CC[C@]43C)[C@@H]12. The van der Waals surface area contributed by atoms with Crippen LogP contribution >= 0.6 is 10.6 Å². The van der Waals surface area contributed by atoms with Crippen LogP contribution in [-0.2, 0) is 4.79 Å². The second-order valence-corrected chi connectivity index (χ2v) is 24.5. The molecule has 1 aliphatic heterocycles. The predicted molar refractivity (Wildman–Crippen MR) is 241 cm³/mol. The molecule has 328 valence electrons. The average Bonchev–Trinajstić information content (AvgIpc) is 3.57. The monoisotopic (exact) mass is 832 g/mol. The molecule has 10 atom stereocenters. The summed E-state index contributed by atoms with van der Waals surface area (Å²) in [5.41, 5.74) is 5.38. The fourth-order valence-electron chi connectivity index (χ4n) is 15.7. The van der Waals surface area contributed by atoms with Crippen molar-refractivity contribution in [2.24, 2.45) is 56.7 Å². The third-order valence-electron chi connectivity index (χ3n) is 19.2. The molecule has 4 saturated carbocycles. The van der Waals surface area contributed by atoms with E-state index in [1.807, 2.05) is 19.1 Å². The van der Waals surface area contributed by atoms with Crippen molar-refractivity contribution in [3.05, 3.63) is 59.3 Å². The third kappa shape index (κ3) is 7.21. The van der Waals surface area contributed by atoms with Crippen LogP contribution in [0.25, 0.3) is 0 Å². The molecule has 9 heteroatoms. The minimum atomic E-state index is -2.37. The average molecular weight is 832 g/mol. The predicted octanol–water partition coefficient (Wildman–Crippen LogP) is 10.9. The number of hydrogen-bond acceptors (Lipinski definition) is 7. The molecule has 7 aliphatic rings. The van der Waals surface area contributed by atoms with E-state index in [1.165, 1.54) is 68.1 Å². The van der Waals surface area contributed by atoms with Crippen LogP contribution in [0.2, 0.25) is 0 Å². The Morgan fingerprint density at radius 1 is 0.966 bits per heavy atom. The molecule has 8 rings (SSSR count). The number of allylic oxidation sites excluding steroid dienone is 5. The summed E-state index contributed by atoms with van der Waals surface area (Å²) in [7, 11) is -2.37. The smallest absolute Gasteiger partial charge is 0.310 e. The van der Waals surface area contributed by atoms with Gasteiger partial charge < -0.3 is 15.2 Å². The summed E-state index contributed by atoms with van der Waals surface area (Å²) in [5.74, 6) is 4.05. The molecule has 5 fully saturated rings. The number of pyridine rings is 1. The van der Waals surface area contributed by atoms with Crippen LogP contribution in [0.1, 0.15) is 131 Å². The zero-order valence-electron chi connectivity index (χ0n) is 37.6. The van der Waals surface area contributed by atoms with Gasteiger partial charge in [-0.25, -0.2) is 4.98 Å². The van der Waals surface area contributed by atoms with Crippen molar-refractivity contribution < 1.29 is 23.7 Å². The number of fused-ring (bicyclic) bond motifs is 7. The Morgan fingerprint density at radius 3 is 2.41 bits per heavy atom. The maximum atomic E-state index is 12.8. The molecule has 59 heavy (non-hydrogen) atoms. The van der Waals surface area contributed by atoms with Gasteiger partial charge in [0.15, 0.2) is 0 Å². The molecule has 1 aromatic heterocycles. The summed E-state index contributed by atoms with van der Waals surface area (Å²) < 4.78 is 26.4. The molecule has 2 heterocycles. The molecule has 1 unspecified atom stereocenters. The molecular weight excluding hydrogens is 755 g/mol. The molecule has 6 aliphatic carbocycles. The van der Waals surface area contributed by atoms with Crippen molar-refractivity contribution in [1.29, 1.82) is 0 Å². The van der Waals surface area contributed by atoms with Crippen LogP contribution in [0.3, 0.4) is 0 Å². The lowest BCUT2D eigenvalue weighted by molar-refractivity contribution is -0.221. The highest BCUT2D eigenvalue weighted by molar-refractivity contribution is 8.24. The third-order valence-corrected chi connectivity index (χ3v) is 20.9. The minimum absolute atomic E-state index is 0.0222. The van der Waals surface area contributed by atoms with Gasteiger partial charge in [0.1, 0.15) is 0 Å². The molecule has 0 amide bonds. The van der Waals surface area contributed by atoms with Crippen LogP contribution in [0.15, 0.2) is 53.8 Å². The first-order valence-electron chi connectivity index (χ1n) is 23.4. The van der Waals surface area contributed by atoms with E-state index in [2.05, 4.69) is 75.5 Å². The zero-order chi connectivity index (χ0) is 42.2. The molecule has 4 N–H and O–H groups in total. The number of carbonyl (C=O) groups is 1. The van der Waals surface area contributed by atoms with E-state index in [9.17, 15) is 19.0 Å². The maximum Gasteiger partial charge on any atom is 0.310 e. The summed E-state index contributed by atoms with van der Waals surface area (Å²) in [5, 5.41) is 14.8. The van der Waals surface area contributed by atoms with Crippen LogP contribution < -0.4 is 10.1 Å². The first-order chi connectivity index (χ1) is 27.8. The highest BCUT2D eigenvalue weighted by Gasteiger charge is 2.70. The highest BCUT2D eigenvalue weighted by Crippen LogP contribution is 2.76. The number of hydrogen-bond donors (Lipinski definition) is 4. The molecule has 1 saturated heterocycles. The number of carboxylic acids is 1. The van der Waals surface area contributed by atoms with Gasteiger partial charge in [-0.2, -0.15) is 10.6 Å². The standard InChI is InChI=1S/C50H77N3O5S/c1-34(2)37-15-22-50(52-27-28-53-29-32-59(56,57)33-30-53)24-23-47(7)39(42(37)50)11-12-41-46(6)18-16-38(45(4,5)40(46)17-19-48(41,47)8)36-13-20-49(21-14-36,44(54)55)25-31-58-43-35(3)10-9-26-51-43/h9-10,13,16,26,37,39-42,52,56-57H,1,11-12,14-15,17-25,27-33H2,2-8H3,(H,54,55)/t37-,39+,40-,41+,42+,46-,47+,48+,49?,50-/m0/s1. The fourth-order valence-corrected chi connectivity index (χ4v) is 17.0. The molecule has 8 nitrogen and oxygen atoms in total. The second-order valence-electron chi connectivity index (χ2n) is 22.1. The van der Waals surface area contributed by atoms with Crippen molar-refractivity contribution >= 4 is 16.6 Å². The Hall–Kier alpha value is -2.17. The molecular formula is C50H77N3O5S. The Balaban J connectivity index is 0.990. The number of ether oxygens (including phenoxy) is 1. The molecule has 0 spiro atoms. The van der Waals surface area contributed by atoms with Crippen LogP contribution in [0.4, 0.5) is 0 Å². The van der Waals surface area contributed by atoms with Gasteiger partial charge in [-0.1, -0.05) is 65.0 Å². The number of aromatic nitrogens is 1. The number of nitrogens with one attached hydrogen (secondary N) is 1. The van der Waals surface area contributed by atoms with E-state index in [1.54, 1.807) is 6.20 Å². The lowest BCUT2D eigenvalue weighted by Crippen LogP contribution is -2.68. The van der Waals surface area contributed by atoms with Crippen molar-refractivity contribution in [2.45, 2.75) is 137 Å². The molecule has 0 aromatic carbocycles. The molecule has 1 aromatic rings. The van der Waals surface area contributed by atoms with E-state index in [-0.39, 0.29) is 27.2 Å². The van der Waals surface area contributed by atoms with Crippen molar-refractivity contribution in [3.8, 4) is 5.88 Å². The number of nitrogens with zero attached hydrogens (tertiary/aromatic N) is 2. The van der Waals surface area contributed by atoms with E-state index < -0.39 is 22.0 Å². The minimum Gasteiger partial charge on any atom is -0.481 e. The van der Waals surface area contributed by atoms with E-state index in [0.29, 0.717) is 72.8 Å². The summed E-state index contributed by atoms with van der Waals surface area (Å²) in [4.78, 5) is 19.6. The summed E-state index contributed by atoms with van der Waals surface area (Å²) in [6.07, 6.45) is 20.4. The number of aliphatic carboxylic acids is 1. The topological polar surface area (TPSA) is 115 Å². The fraction of sp³-hybridized carbons (Fsp3) is 0.760. The van der Waals surface area contributed by atoms with Gasteiger partial charge in [0, 0.05) is 43.5 Å². The Labute approximate surface area is 357 Å². The first-order valence-corrected chi connectivity index (χ1v) is 25.2. The van der Waals surface area contributed by atoms with Gasteiger partial charge in [0.2, 0.25) is 5.88 Å². The molecule has 0 radical (unpaired) electrons. The second kappa shape index (κ2) is 15.6.